The van der Waals surface area contributed by atoms with Crippen molar-refractivity contribution in [1.29, 1.82) is 5.26 Å². The zero-order valence-corrected chi connectivity index (χ0v) is 16.8. The van der Waals surface area contributed by atoms with E-state index < -0.39 is 0 Å². The summed E-state index contributed by atoms with van der Waals surface area (Å²) in [6.45, 7) is 0.191. The molecular weight excluding hydrogens is 390 g/mol. The van der Waals surface area contributed by atoms with Crippen LogP contribution in [0.3, 0.4) is 0 Å². The Hall–Kier alpha value is -4.44. The summed E-state index contributed by atoms with van der Waals surface area (Å²) >= 11 is 0. The van der Waals surface area contributed by atoms with Crippen LogP contribution in [0.5, 0.6) is 5.75 Å². The number of ether oxygens (including phenoxy) is 1. The van der Waals surface area contributed by atoms with Crippen LogP contribution in [-0.2, 0) is 6.54 Å². The number of H-pyrrole nitrogens is 1. The van der Waals surface area contributed by atoms with E-state index in [4.69, 9.17) is 4.74 Å². The number of nitriles is 1. The second-order valence-corrected chi connectivity index (χ2v) is 6.72. The lowest BCUT2D eigenvalue weighted by Gasteiger charge is -2.11. The smallest absolute Gasteiger partial charge is 0.252 e. The largest absolute Gasteiger partial charge is 0.497 e. The predicted octanol–water partition coefficient (Wildman–Crippen LogP) is 3.95. The van der Waals surface area contributed by atoms with Gasteiger partial charge in [0, 0.05) is 16.7 Å². The van der Waals surface area contributed by atoms with Crippen LogP contribution < -0.4 is 10.1 Å². The third kappa shape index (κ3) is 4.28. The first-order chi connectivity index (χ1) is 15.2. The molecule has 31 heavy (non-hydrogen) atoms. The third-order valence-corrected chi connectivity index (χ3v) is 4.81. The van der Waals surface area contributed by atoms with E-state index in [0.29, 0.717) is 28.3 Å². The van der Waals surface area contributed by atoms with E-state index in [-0.39, 0.29) is 12.5 Å². The van der Waals surface area contributed by atoms with Gasteiger partial charge in [-0.25, -0.2) is 4.98 Å². The van der Waals surface area contributed by atoms with Crippen LogP contribution in [0.4, 0.5) is 0 Å². The second kappa shape index (κ2) is 8.93. The Morgan fingerprint density at radius 3 is 2.48 bits per heavy atom. The number of amides is 1. The molecule has 0 bridgehead atoms. The number of hydrogen-bond donors (Lipinski definition) is 2. The fourth-order valence-electron chi connectivity index (χ4n) is 3.23. The maximum atomic E-state index is 12.9. The van der Waals surface area contributed by atoms with Gasteiger partial charge in [0.15, 0.2) is 5.82 Å². The zero-order chi connectivity index (χ0) is 21.6. The van der Waals surface area contributed by atoms with E-state index in [1.54, 1.807) is 31.4 Å². The van der Waals surface area contributed by atoms with Gasteiger partial charge in [-0.3, -0.25) is 9.89 Å². The quantitative estimate of drug-likeness (QED) is 0.502. The molecule has 0 saturated heterocycles. The molecule has 0 spiro atoms. The Morgan fingerprint density at radius 2 is 1.74 bits per heavy atom. The van der Waals surface area contributed by atoms with Gasteiger partial charge in [-0.05, 0) is 42.0 Å². The number of carbonyl (C=O) groups excluding carboxylic acids is 1. The Balaban J connectivity index is 1.50. The minimum Gasteiger partial charge on any atom is -0.497 e. The Morgan fingerprint density at radius 1 is 1.03 bits per heavy atom. The van der Waals surface area contributed by atoms with Gasteiger partial charge < -0.3 is 10.1 Å². The molecule has 4 aromatic rings. The number of rotatable bonds is 6. The number of aromatic amines is 1. The van der Waals surface area contributed by atoms with Crippen molar-refractivity contribution in [3.8, 4) is 34.3 Å². The summed E-state index contributed by atoms with van der Waals surface area (Å²) in [7, 11) is 1.61. The van der Waals surface area contributed by atoms with Crippen molar-refractivity contribution in [3.05, 3.63) is 89.7 Å². The average Bonchev–Trinajstić information content (AvgIpc) is 3.31. The molecule has 0 aliphatic rings. The average molecular weight is 409 g/mol. The molecule has 7 heteroatoms. The van der Waals surface area contributed by atoms with Crippen molar-refractivity contribution in [2.75, 3.05) is 7.11 Å². The van der Waals surface area contributed by atoms with Crippen LogP contribution in [-0.4, -0.2) is 28.2 Å². The first-order valence-corrected chi connectivity index (χ1v) is 9.62. The fraction of sp³-hybridized carbons (Fsp3) is 0.0833. The molecule has 0 radical (unpaired) electrons. The second-order valence-electron chi connectivity index (χ2n) is 6.72. The minimum absolute atomic E-state index is 0.191. The molecule has 2 N–H and O–H groups in total. The lowest BCUT2D eigenvalue weighted by atomic mass is 9.95. The van der Waals surface area contributed by atoms with Crippen molar-refractivity contribution >= 4 is 5.91 Å². The number of carbonyl (C=O) groups is 1. The number of methoxy groups -OCH3 is 1. The molecule has 0 unspecified atom stereocenters. The number of nitrogens with zero attached hydrogens (tertiary/aromatic N) is 3. The van der Waals surface area contributed by atoms with Crippen LogP contribution >= 0.6 is 0 Å². The molecule has 4 rings (SSSR count). The normalized spacial score (nSPS) is 10.3. The zero-order valence-electron chi connectivity index (χ0n) is 16.8. The van der Waals surface area contributed by atoms with Gasteiger partial charge >= 0.3 is 0 Å². The molecule has 0 aliphatic carbocycles. The summed E-state index contributed by atoms with van der Waals surface area (Å²) in [6, 6.07) is 24.0. The highest BCUT2D eigenvalue weighted by atomic mass is 16.5. The van der Waals surface area contributed by atoms with E-state index in [2.05, 4.69) is 26.6 Å². The Kier molecular flexibility index (Phi) is 5.72. The van der Waals surface area contributed by atoms with Crippen LogP contribution in [0.15, 0.2) is 72.8 Å². The van der Waals surface area contributed by atoms with Gasteiger partial charge in [-0.1, -0.05) is 36.4 Å². The van der Waals surface area contributed by atoms with Crippen LogP contribution in [0, 0.1) is 11.3 Å². The minimum atomic E-state index is -0.259. The summed E-state index contributed by atoms with van der Waals surface area (Å²) in [5, 5.41) is 19.4. The summed E-state index contributed by atoms with van der Waals surface area (Å²) < 4.78 is 5.16. The highest BCUT2D eigenvalue weighted by Crippen LogP contribution is 2.27. The highest BCUT2D eigenvalue weighted by molar-refractivity contribution is 6.01. The van der Waals surface area contributed by atoms with Crippen LogP contribution in [0.1, 0.15) is 21.7 Å². The first kappa shape index (κ1) is 19.9. The molecule has 1 amide bonds. The van der Waals surface area contributed by atoms with Gasteiger partial charge in [0.05, 0.1) is 25.3 Å². The molecule has 1 heterocycles. The van der Waals surface area contributed by atoms with Gasteiger partial charge in [-0.15, -0.1) is 0 Å². The summed E-state index contributed by atoms with van der Waals surface area (Å²) in [5.41, 5.74) is 3.26. The van der Waals surface area contributed by atoms with E-state index in [9.17, 15) is 10.1 Å². The Bertz CT molecular complexity index is 1260. The van der Waals surface area contributed by atoms with Crippen molar-refractivity contribution in [2.24, 2.45) is 0 Å². The summed E-state index contributed by atoms with van der Waals surface area (Å²) in [4.78, 5) is 17.3. The van der Waals surface area contributed by atoms with Gasteiger partial charge in [0.25, 0.3) is 5.91 Å². The maximum Gasteiger partial charge on any atom is 0.252 e. The molecular formula is C24H19N5O2. The lowest BCUT2D eigenvalue weighted by molar-refractivity contribution is 0.0950. The summed E-state index contributed by atoms with van der Waals surface area (Å²) in [6.07, 6.45) is 0. The van der Waals surface area contributed by atoms with E-state index in [1.165, 1.54) is 0 Å². The first-order valence-electron chi connectivity index (χ1n) is 9.62. The van der Waals surface area contributed by atoms with E-state index >= 15 is 0 Å². The number of nitrogens with one attached hydrogen (secondary N) is 2. The number of hydrogen-bond acceptors (Lipinski definition) is 5. The maximum absolute atomic E-state index is 12.9. The van der Waals surface area contributed by atoms with Crippen molar-refractivity contribution < 1.29 is 9.53 Å². The van der Waals surface area contributed by atoms with Gasteiger partial charge in [0.2, 0.25) is 0 Å². The predicted molar refractivity (Wildman–Crippen MR) is 116 cm³/mol. The molecule has 152 valence electrons. The van der Waals surface area contributed by atoms with Crippen LogP contribution in [0.2, 0.25) is 0 Å². The topological polar surface area (TPSA) is 104 Å². The van der Waals surface area contributed by atoms with Crippen LogP contribution in [0.25, 0.3) is 22.5 Å². The van der Waals surface area contributed by atoms with Crippen molar-refractivity contribution in [3.63, 3.8) is 0 Å². The van der Waals surface area contributed by atoms with Crippen molar-refractivity contribution in [2.45, 2.75) is 6.54 Å². The molecule has 0 fully saturated rings. The standard InChI is InChI=1S/C24H19N5O2/c1-31-18-12-10-16(11-13-18)23-27-22(28-29-23)15-26-24(30)21-9-5-4-8-20(21)19-7-3-2-6-17(19)14-25/h2-13H,15H2,1H3,(H,26,30)(H,27,28,29). The molecule has 0 aliphatic heterocycles. The summed E-state index contributed by atoms with van der Waals surface area (Å²) in [5.74, 6) is 1.57. The van der Waals surface area contributed by atoms with Crippen molar-refractivity contribution in [1.82, 2.24) is 20.5 Å². The SMILES string of the molecule is COc1ccc(-c2n[nH]c(CNC(=O)c3ccccc3-c3ccccc3C#N)n2)cc1. The molecule has 0 saturated carbocycles. The van der Waals surface area contributed by atoms with E-state index in [1.807, 2.05) is 48.5 Å². The van der Waals surface area contributed by atoms with Gasteiger partial charge in [-0.2, -0.15) is 10.4 Å². The number of benzene rings is 3. The monoisotopic (exact) mass is 409 g/mol. The fourth-order valence-corrected chi connectivity index (χ4v) is 3.23. The highest BCUT2D eigenvalue weighted by Gasteiger charge is 2.15. The molecule has 3 aromatic carbocycles. The lowest BCUT2D eigenvalue weighted by Crippen LogP contribution is -2.24. The van der Waals surface area contributed by atoms with Gasteiger partial charge in [0.1, 0.15) is 11.6 Å². The molecule has 0 atom stereocenters. The van der Waals surface area contributed by atoms with E-state index in [0.717, 1.165) is 16.9 Å². The molecule has 7 nitrogen and oxygen atoms in total. The third-order valence-electron chi connectivity index (χ3n) is 4.81. The molecule has 1 aromatic heterocycles. The Labute approximate surface area is 179 Å². The number of aromatic nitrogens is 3.